The van der Waals surface area contributed by atoms with Crippen molar-refractivity contribution < 1.29 is 9.59 Å². The molecule has 0 spiro atoms. The number of benzene rings is 2. The maximum absolute atomic E-state index is 12.7. The Morgan fingerprint density at radius 3 is 2.15 bits per heavy atom. The maximum atomic E-state index is 12.7. The number of rotatable bonds is 8. The standard InChI is InChI=1S/C23H30N2O2/c1-5-18(19-9-7-6-8-10-19)15-24-23(27)21(16(2)3)25-22(26)20-13-11-17(4)12-14-20/h6-14,16,18,21H,5,15H2,1-4H3,(H,24,27)(H,25,26). The van der Waals surface area contributed by atoms with Crippen LogP contribution in [0.2, 0.25) is 0 Å². The Hall–Kier alpha value is -2.62. The highest BCUT2D eigenvalue weighted by molar-refractivity contribution is 5.97. The van der Waals surface area contributed by atoms with Gasteiger partial charge in [0.1, 0.15) is 6.04 Å². The Kier molecular flexibility index (Phi) is 7.59. The van der Waals surface area contributed by atoms with Gasteiger partial charge < -0.3 is 10.6 Å². The van der Waals surface area contributed by atoms with E-state index >= 15 is 0 Å². The molecular formula is C23H30N2O2. The normalized spacial score (nSPS) is 13.1. The molecule has 0 aliphatic carbocycles. The Morgan fingerprint density at radius 2 is 1.59 bits per heavy atom. The molecule has 0 aliphatic heterocycles. The Labute approximate surface area is 162 Å². The van der Waals surface area contributed by atoms with Crippen LogP contribution in [-0.2, 0) is 4.79 Å². The second-order valence-corrected chi connectivity index (χ2v) is 7.32. The van der Waals surface area contributed by atoms with E-state index in [4.69, 9.17) is 0 Å². The number of amides is 2. The van der Waals surface area contributed by atoms with E-state index in [2.05, 4.69) is 29.7 Å². The first-order chi connectivity index (χ1) is 12.9. The van der Waals surface area contributed by atoms with Gasteiger partial charge in [-0.3, -0.25) is 9.59 Å². The van der Waals surface area contributed by atoms with Crippen LogP contribution in [0.1, 0.15) is 54.6 Å². The second kappa shape index (κ2) is 9.91. The molecule has 0 aromatic heterocycles. The minimum atomic E-state index is -0.563. The monoisotopic (exact) mass is 366 g/mol. The fraction of sp³-hybridized carbons (Fsp3) is 0.391. The van der Waals surface area contributed by atoms with Gasteiger partial charge in [-0.2, -0.15) is 0 Å². The van der Waals surface area contributed by atoms with Crippen molar-refractivity contribution in [2.75, 3.05) is 6.54 Å². The molecule has 0 aliphatic rings. The highest BCUT2D eigenvalue weighted by Crippen LogP contribution is 2.18. The van der Waals surface area contributed by atoms with E-state index in [9.17, 15) is 9.59 Å². The van der Waals surface area contributed by atoms with Crippen LogP contribution >= 0.6 is 0 Å². The lowest BCUT2D eigenvalue weighted by atomic mass is 9.96. The van der Waals surface area contributed by atoms with Crippen LogP contribution in [-0.4, -0.2) is 24.4 Å². The van der Waals surface area contributed by atoms with Crippen molar-refractivity contribution in [2.45, 2.75) is 46.1 Å². The van der Waals surface area contributed by atoms with Crippen molar-refractivity contribution in [3.05, 3.63) is 71.3 Å². The van der Waals surface area contributed by atoms with Gasteiger partial charge in [-0.05, 0) is 37.0 Å². The van der Waals surface area contributed by atoms with Crippen molar-refractivity contribution in [3.63, 3.8) is 0 Å². The van der Waals surface area contributed by atoms with Gasteiger partial charge in [0.2, 0.25) is 5.91 Å². The molecule has 2 amide bonds. The highest BCUT2D eigenvalue weighted by atomic mass is 16.2. The van der Waals surface area contributed by atoms with E-state index < -0.39 is 6.04 Å². The first-order valence-electron chi connectivity index (χ1n) is 9.62. The fourth-order valence-corrected chi connectivity index (χ4v) is 3.02. The lowest BCUT2D eigenvalue weighted by Crippen LogP contribution is -2.50. The molecule has 0 saturated heterocycles. The molecule has 0 radical (unpaired) electrons. The van der Waals surface area contributed by atoms with Crippen molar-refractivity contribution in [3.8, 4) is 0 Å². The lowest BCUT2D eigenvalue weighted by Gasteiger charge is -2.23. The van der Waals surface area contributed by atoms with E-state index in [1.807, 2.05) is 51.1 Å². The van der Waals surface area contributed by atoms with Gasteiger partial charge in [0, 0.05) is 18.0 Å². The summed E-state index contributed by atoms with van der Waals surface area (Å²) in [6.07, 6.45) is 0.937. The molecule has 4 nitrogen and oxygen atoms in total. The van der Waals surface area contributed by atoms with Gasteiger partial charge in [0.15, 0.2) is 0 Å². The SMILES string of the molecule is CCC(CNC(=O)C(NC(=O)c1ccc(C)cc1)C(C)C)c1ccccc1. The average Bonchev–Trinajstić information content (AvgIpc) is 2.67. The molecule has 2 aromatic rings. The van der Waals surface area contributed by atoms with Gasteiger partial charge >= 0.3 is 0 Å². The zero-order valence-corrected chi connectivity index (χ0v) is 16.7. The summed E-state index contributed by atoms with van der Waals surface area (Å²) in [5.41, 5.74) is 2.87. The molecule has 2 N–H and O–H groups in total. The number of nitrogens with one attached hydrogen (secondary N) is 2. The Balaban J connectivity index is 1.99. The summed E-state index contributed by atoms with van der Waals surface area (Å²) in [5, 5.41) is 5.91. The van der Waals surface area contributed by atoms with Gasteiger partial charge in [-0.1, -0.05) is 68.8 Å². The van der Waals surface area contributed by atoms with Crippen molar-refractivity contribution in [2.24, 2.45) is 5.92 Å². The van der Waals surface area contributed by atoms with E-state index in [1.54, 1.807) is 12.1 Å². The van der Waals surface area contributed by atoms with Gasteiger partial charge in [0.25, 0.3) is 5.91 Å². The molecule has 144 valence electrons. The van der Waals surface area contributed by atoms with Crippen molar-refractivity contribution in [1.29, 1.82) is 0 Å². The molecule has 2 rings (SSSR count). The first kappa shape index (κ1) is 20.7. The number of hydrogen-bond donors (Lipinski definition) is 2. The third-order valence-corrected chi connectivity index (χ3v) is 4.84. The van der Waals surface area contributed by atoms with E-state index in [-0.39, 0.29) is 23.7 Å². The van der Waals surface area contributed by atoms with E-state index in [1.165, 1.54) is 5.56 Å². The topological polar surface area (TPSA) is 58.2 Å². The molecule has 0 bridgehead atoms. The molecule has 0 fully saturated rings. The van der Waals surface area contributed by atoms with Crippen LogP contribution in [0, 0.1) is 12.8 Å². The quantitative estimate of drug-likeness (QED) is 0.740. The highest BCUT2D eigenvalue weighted by Gasteiger charge is 2.25. The van der Waals surface area contributed by atoms with Crippen LogP contribution in [0.5, 0.6) is 0 Å². The van der Waals surface area contributed by atoms with Gasteiger partial charge in [-0.25, -0.2) is 0 Å². The molecule has 0 saturated carbocycles. The minimum Gasteiger partial charge on any atom is -0.354 e. The molecule has 0 heterocycles. The zero-order chi connectivity index (χ0) is 19.8. The summed E-state index contributed by atoms with van der Waals surface area (Å²) in [6.45, 7) is 8.52. The smallest absolute Gasteiger partial charge is 0.251 e. The van der Waals surface area contributed by atoms with Gasteiger partial charge in [0.05, 0.1) is 0 Å². The molecular weight excluding hydrogens is 336 g/mol. The molecule has 4 heteroatoms. The third-order valence-electron chi connectivity index (χ3n) is 4.84. The minimum absolute atomic E-state index is 0.00352. The fourth-order valence-electron chi connectivity index (χ4n) is 3.02. The molecule has 27 heavy (non-hydrogen) atoms. The van der Waals surface area contributed by atoms with Crippen LogP contribution < -0.4 is 10.6 Å². The number of carbonyl (C=O) groups is 2. The lowest BCUT2D eigenvalue weighted by molar-refractivity contribution is -0.124. The van der Waals surface area contributed by atoms with Crippen LogP contribution in [0.25, 0.3) is 0 Å². The Bertz CT molecular complexity index is 739. The summed E-state index contributed by atoms with van der Waals surface area (Å²) in [5.74, 6) is -0.106. The third kappa shape index (κ3) is 5.95. The predicted octanol–water partition coefficient (Wildman–Crippen LogP) is 4.06. The summed E-state index contributed by atoms with van der Waals surface area (Å²) < 4.78 is 0. The van der Waals surface area contributed by atoms with Gasteiger partial charge in [-0.15, -0.1) is 0 Å². The largest absolute Gasteiger partial charge is 0.354 e. The van der Waals surface area contributed by atoms with Crippen LogP contribution in [0.4, 0.5) is 0 Å². The Morgan fingerprint density at radius 1 is 0.963 bits per heavy atom. The number of carbonyl (C=O) groups excluding carboxylic acids is 2. The molecule has 2 atom stereocenters. The van der Waals surface area contributed by atoms with Crippen molar-refractivity contribution in [1.82, 2.24) is 10.6 Å². The molecule has 2 unspecified atom stereocenters. The first-order valence-corrected chi connectivity index (χ1v) is 9.62. The van der Waals surface area contributed by atoms with Crippen LogP contribution in [0.3, 0.4) is 0 Å². The summed E-state index contributed by atoms with van der Waals surface area (Å²) in [6, 6.07) is 17.0. The van der Waals surface area contributed by atoms with Crippen LogP contribution in [0.15, 0.2) is 54.6 Å². The van der Waals surface area contributed by atoms with E-state index in [0.717, 1.165) is 12.0 Å². The average molecular weight is 367 g/mol. The zero-order valence-electron chi connectivity index (χ0n) is 16.7. The molecule has 2 aromatic carbocycles. The predicted molar refractivity (Wildman–Crippen MR) is 110 cm³/mol. The van der Waals surface area contributed by atoms with E-state index in [0.29, 0.717) is 12.1 Å². The summed E-state index contributed by atoms with van der Waals surface area (Å²) in [7, 11) is 0. The number of hydrogen-bond acceptors (Lipinski definition) is 2. The second-order valence-electron chi connectivity index (χ2n) is 7.32. The summed E-state index contributed by atoms with van der Waals surface area (Å²) >= 11 is 0. The van der Waals surface area contributed by atoms with Crippen molar-refractivity contribution >= 4 is 11.8 Å². The summed E-state index contributed by atoms with van der Waals surface area (Å²) in [4.78, 5) is 25.2. The number of aryl methyl sites for hydroxylation is 1. The maximum Gasteiger partial charge on any atom is 0.251 e.